The maximum absolute atomic E-state index is 11.8. The van der Waals surface area contributed by atoms with Crippen LogP contribution in [0.5, 0.6) is 5.75 Å². The summed E-state index contributed by atoms with van der Waals surface area (Å²) in [4.78, 5) is 23.7. The van der Waals surface area contributed by atoms with E-state index in [-0.39, 0.29) is 18.0 Å². The molecule has 1 heterocycles. The molecule has 1 amide bonds. The lowest BCUT2D eigenvalue weighted by Crippen LogP contribution is -2.27. The van der Waals surface area contributed by atoms with E-state index in [0.29, 0.717) is 25.1 Å². The Kier molecular flexibility index (Phi) is 6.01. The van der Waals surface area contributed by atoms with Crippen LogP contribution in [0.1, 0.15) is 16.8 Å². The maximum Gasteiger partial charge on any atom is 0.253 e. The van der Waals surface area contributed by atoms with Gasteiger partial charge in [0.05, 0.1) is 18.7 Å². The third-order valence-electron chi connectivity index (χ3n) is 3.15. The summed E-state index contributed by atoms with van der Waals surface area (Å²) in [5.41, 5.74) is 0.252. The second kappa shape index (κ2) is 8.44. The number of amides is 1. The van der Waals surface area contributed by atoms with Crippen molar-refractivity contribution in [1.82, 2.24) is 9.88 Å². The molecule has 0 atom stereocenters. The van der Waals surface area contributed by atoms with Crippen molar-refractivity contribution in [2.75, 3.05) is 13.2 Å². The van der Waals surface area contributed by atoms with Crippen molar-refractivity contribution in [3.8, 4) is 18.1 Å². The number of nitrogens with one attached hydrogen (secondary N) is 1. The Morgan fingerprint density at radius 3 is 2.74 bits per heavy atom. The molecular weight excluding hydrogens is 292 g/mol. The molecule has 0 aliphatic heterocycles. The molecule has 0 saturated carbocycles. The van der Waals surface area contributed by atoms with Crippen molar-refractivity contribution in [3.63, 3.8) is 0 Å². The third-order valence-corrected chi connectivity index (χ3v) is 3.15. The number of nitrogens with zero attached hydrogens (tertiary/aromatic N) is 1. The van der Waals surface area contributed by atoms with Crippen LogP contribution in [0, 0.1) is 12.3 Å². The molecule has 2 rings (SSSR count). The Bertz CT molecular complexity index is 745. The number of aryl methyl sites for hydroxylation is 1. The average molecular weight is 310 g/mol. The minimum atomic E-state index is -0.294. The number of rotatable bonds is 7. The van der Waals surface area contributed by atoms with Gasteiger partial charge in [-0.15, -0.1) is 6.42 Å². The highest BCUT2D eigenvalue weighted by atomic mass is 16.5. The summed E-state index contributed by atoms with van der Waals surface area (Å²) in [6.07, 6.45) is 7.30. The van der Waals surface area contributed by atoms with Crippen molar-refractivity contribution in [2.24, 2.45) is 0 Å². The fraction of sp³-hybridized carbons (Fsp3) is 0.222. The van der Waals surface area contributed by atoms with Crippen LogP contribution in [0.15, 0.2) is 53.5 Å². The number of benzene rings is 1. The molecule has 0 fully saturated rings. The number of carbonyl (C=O) groups excluding carboxylic acids is 1. The maximum atomic E-state index is 11.8. The minimum absolute atomic E-state index is 0.154. The van der Waals surface area contributed by atoms with E-state index in [0.717, 1.165) is 5.75 Å². The fourth-order valence-corrected chi connectivity index (χ4v) is 2.02. The van der Waals surface area contributed by atoms with E-state index in [1.807, 2.05) is 30.3 Å². The molecule has 0 saturated heterocycles. The van der Waals surface area contributed by atoms with Gasteiger partial charge < -0.3 is 14.6 Å². The summed E-state index contributed by atoms with van der Waals surface area (Å²) in [6, 6.07) is 12.3. The lowest BCUT2D eigenvalue weighted by Gasteiger charge is -2.09. The van der Waals surface area contributed by atoms with E-state index in [2.05, 4.69) is 11.2 Å². The summed E-state index contributed by atoms with van der Waals surface area (Å²) in [7, 11) is 0. The molecule has 1 aromatic heterocycles. The standard InChI is InChI=1S/C18H18N2O3/c1-2-11-19-18(22)15-9-10-17(21)20(14-15)12-6-13-23-16-7-4-3-5-8-16/h1,3-5,7-10,14H,6,11-13H2,(H,19,22). The first-order valence-electron chi connectivity index (χ1n) is 7.30. The molecule has 0 aliphatic rings. The number of ether oxygens (including phenoxy) is 1. The van der Waals surface area contributed by atoms with Gasteiger partial charge in [0.25, 0.3) is 11.5 Å². The number of aromatic nitrogens is 1. The van der Waals surface area contributed by atoms with Gasteiger partial charge in [0.15, 0.2) is 0 Å². The first-order valence-corrected chi connectivity index (χ1v) is 7.30. The van der Waals surface area contributed by atoms with E-state index < -0.39 is 0 Å². The molecule has 23 heavy (non-hydrogen) atoms. The second-order valence-electron chi connectivity index (χ2n) is 4.85. The zero-order valence-electron chi connectivity index (χ0n) is 12.7. The number of terminal acetylenes is 1. The van der Waals surface area contributed by atoms with Crippen LogP contribution in [0.25, 0.3) is 0 Å². The van der Waals surface area contributed by atoms with E-state index in [1.165, 1.54) is 22.9 Å². The minimum Gasteiger partial charge on any atom is -0.494 e. The van der Waals surface area contributed by atoms with Gasteiger partial charge in [-0.2, -0.15) is 0 Å². The highest BCUT2D eigenvalue weighted by Gasteiger charge is 2.06. The van der Waals surface area contributed by atoms with Crippen molar-refractivity contribution in [1.29, 1.82) is 0 Å². The zero-order valence-corrected chi connectivity index (χ0v) is 12.7. The number of para-hydroxylation sites is 1. The zero-order chi connectivity index (χ0) is 16.5. The summed E-state index contributed by atoms with van der Waals surface area (Å²) < 4.78 is 7.08. The average Bonchev–Trinajstić information content (AvgIpc) is 2.59. The largest absolute Gasteiger partial charge is 0.494 e. The molecule has 0 spiro atoms. The molecule has 0 bridgehead atoms. The molecule has 0 radical (unpaired) electrons. The predicted octanol–water partition coefficient (Wildman–Crippen LogP) is 1.68. The van der Waals surface area contributed by atoms with Gasteiger partial charge in [-0.3, -0.25) is 9.59 Å². The molecule has 1 aromatic carbocycles. The van der Waals surface area contributed by atoms with E-state index >= 15 is 0 Å². The third kappa shape index (κ3) is 5.04. The first-order chi connectivity index (χ1) is 11.2. The van der Waals surface area contributed by atoms with Gasteiger partial charge in [0.2, 0.25) is 0 Å². The van der Waals surface area contributed by atoms with Crippen molar-refractivity contribution in [2.45, 2.75) is 13.0 Å². The van der Waals surface area contributed by atoms with Crippen LogP contribution in [0.2, 0.25) is 0 Å². The van der Waals surface area contributed by atoms with Crippen LogP contribution >= 0.6 is 0 Å². The van der Waals surface area contributed by atoms with Gasteiger partial charge in [0, 0.05) is 18.8 Å². The molecule has 0 aliphatic carbocycles. The highest BCUT2D eigenvalue weighted by molar-refractivity contribution is 5.93. The van der Waals surface area contributed by atoms with Crippen molar-refractivity contribution >= 4 is 5.91 Å². The number of pyridine rings is 1. The number of carbonyl (C=O) groups is 1. The summed E-state index contributed by atoms with van der Waals surface area (Å²) in [6.45, 7) is 1.12. The summed E-state index contributed by atoms with van der Waals surface area (Å²) in [5.74, 6) is 2.83. The Morgan fingerprint density at radius 1 is 1.22 bits per heavy atom. The Morgan fingerprint density at radius 2 is 2.00 bits per heavy atom. The fourth-order valence-electron chi connectivity index (χ4n) is 2.02. The Hall–Kier alpha value is -3.00. The lowest BCUT2D eigenvalue weighted by atomic mass is 10.2. The highest BCUT2D eigenvalue weighted by Crippen LogP contribution is 2.08. The molecule has 2 aromatic rings. The van der Waals surface area contributed by atoms with Crippen LogP contribution in [-0.4, -0.2) is 23.6 Å². The molecular formula is C18H18N2O3. The van der Waals surface area contributed by atoms with Crippen molar-refractivity contribution in [3.05, 3.63) is 64.6 Å². The molecule has 5 heteroatoms. The first kappa shape index (κ1) is 16.4. The predicted molar refractivity (Wildman–Crippen MR) is 88.4 cm³/mol. The van der Waals surface area contributed by atoms with Crippen LogP contribution in [0.3, 0.4) is 0 Å². The van der Waals surface area contributed by atoms with Gasteiger partial charge in [-0.05, 0) is 24.6 Å². The molecule has 5 nitrogen and oxygen atoms in total. The number of hydrogen-bond acceptors (Lipinski definition) is 3. The summed E-state index contributed by atoms with van der Waals surface area (Å²) >= 11 is 0. The quantitative estimate of drug-likeness (QED) is 0.625. The Balaban J connectivity index is 1.90. The van der Waals surface area contributed by atoms with Gasteiger partial charge in [0.1, 0.15) is 5.75 Å². The van der Waals surface area contributed by atoms with Gasteiger partial charge >= 0.3 is 0 Å². The molecule has 1 N–H and O–H groups in total. The summed E-state index contributed by atoms with van der Waals surface area (Å²) in [5, 5.41) is 2.57. The van der Waals surface area contributed by atoms with Gasteiger partial charge in [-0.1, -0.05) is 24.1 Å². The van der Waals surface area contributed by atoms with E-state index in [1.54, 1.807) is 0 Å². The monoisotopic (exact) mass is 310 g/mol. The number of hydrogen-bond donors (Lipinski definition) is 1. The molecule has 0 unspecified atom stereocenters. The Labute approximate surface area is 134 Å². The lowest BCUT2D eigenvalue weighted by molar-refractivity contribution is 0.0958. The topological polar surface area (TPSA) is 60.3 Å². The normalized spacial score (nSPS) is 9.87. The van der Waals surface area contributed by atoms with E-state index in [4.69, 9.17) is 11.2 Å². The van der Waals surface area contributed by atoms with E-state index in [9.17, 15) is 9.59 Å². The SMILES string of the molecule is C#CCNC(=O)c1ccc(=O)n(CCCOc2ccccc2)c1. The van der Waals surface area contributed by atoms with Crippen LogP contribution < -0.4 is 15.6 Å². The van der Waals surface area contributed by atoms with Crippen molar-refractivity contribution < 1.29 is 9.53 Å². The van der Waals surface area contributed by atoms with Crippen LogP contribution in [-0.2, 0) is 6.54 Å². The van der Waals surface area contributed by atoms with Gasteiger partial charge in [-0.25, -0.2) is 0 Å². The second-order valence-corrected chi connectivity index (χ2v) is 4.85. The smallest absolute Gasteiger partial charge is 0.253 e. The van der Waals surface area contributed by atoms with Crippen LogP contribution in [0.4, 0.5) is 0 Å². The molecule has 118 valence electrons.